The van der Waals surface area contributed by atoms with Crippen LogP contribution in [-0.4, -0.2) is 5.11 Å². The molecule has 1 N–H and O–H groups in total. The van der Waals surface area contributed by atoms with Crippen molar-refractivity contribution in [1.29, 1.82) is 0 Å². The number of hydrogen-bond donors (Lipinski definition) is 1. The number of hydrogen-bond acceptors (Lipinski definition) is 1. The molecule has 0 aliphatic rings. The van der Waals surface area contributed by atoms with Crippen LogP contribution in [0.4, 0.5) is 0 Å². The molecule has 0 amide bonds. The van der Waals surface area contributed by atoms with E-state index in [1.807, 2.05) is 55.5 Å². The van der Waals surface area contributed by atoms with E-state index in [1.165, 1.54) is 5.56 Å². The molecule has 0 saturated carbocycles. The van der Waals surface area contributed by atoms with E-state index in [9.17, 15) is 5.11 Å². The standard InChI is InChI=1S/C13H16O/c1-11-7-5-3-4-6-8-13(10-9-11)12(2)14/h3-10,12,14H,1-2H3. The van der Waals surface area contributed by atoms with Crippen molar-refractivity contribution < 1.29 is 5.11 Å². The van der Waals surface area contributed by atoms with E-state index in [-0.39, 0.29) is 0 Å². The Morgan fingerprint density at radius 1 is 0.929 bits per heavy atom. The second-order valence-electron chi connectivity index (χ2n) is 3.36. The first-order chi connectivity index (χ1) is 6.70. The minimum Gasteiger partial charge on any atom is -0.389 e. The lowest BCUT2D eigenvalue weighted by atomic mass is 10.1. The highest BCUT2D eigenvalue weighted by Crippen LogP contribution is 2.08. The van der Waals surface area contributed by atoms with Gasteiger partial charge in [-0.3, -0.25) is 0 Å². The van der Waals surface area contributed by atoms with Gasteiger partial charge in [0.2, 0.25) is 0 Å². The van der Waals surface area contributed by atoms with Gasteiger partial charge in [-0.25, -0.2) is 0 Å². The Bertz CT molecular complexity index is 341. The Balaban J connectivity index is 3.23. The van der Waals surface area contributed by atoms with Crippen molar-refractivity contribution in [2.75, 3.05) is 0 Å². The van der Waals surface area contributed by atoms with Crippen LogP contribution in [0.2, 0.25) is 0 Å². The monoisotopic (exact) mass is 188 g/mol. The smallest absolute Gasteiger partial charge is 0.0761 e. The first-order valence-corrected chi connectivity index (χ1v) is 4.78. The summed E-state index contributed by atoms with van der Waals surface area (Å²) in [5.74, 6) is 0. The molecule has 1 atom stereocenters. The molecule has 1 aromatic carbocycles. The van der Waals surface area contributed by atoms with Crippen molar-refractivity contribution in [3.63, 3.8) is 0 Å². The van der Waals surface area contributed by atoms with Crippen LogP contribution in [0.5, 0.6) is 0 Å². The summed E-state index contributed by atoms with van der Waals surface area (Å²) in [6.07, 6.45) is -0.424. The van der Waals surface area contributed by atoms with Crippen molar-refractivity contribution in [2.24, 2.45) is 0 Å². The van der Waals surface area contributed by atoms with Crippen LogP contribution in [-0.2, 0) is 0 Å². The predicted octanol–water partition coefficient (Wildman–Crippen LogP) is 3.17. The van der Waals surface area contributed by atoms with E-state index in [1.54, 1.807) is 6.92 Å². The van der Waals surface area contributed by atoms with Gasteiger partial charge in [-0.15, -0.1) is 0 Å². The highest BCUT2D eigenvalue weighted by Gasteiger charge is 1.94. The molecule has 1 aromatic rings. The Morgan fingerprint density at radius 3 is 2.21 bits per heavy atom. The fraction of sp³-hybridized carbons (Fsp3) is 0.231. The minimum absolute atomic E-state index is 0.424. The third kappa shape index (κ3) is 3.58. The molecular weight excluding hydrogens is 172 g/mol. The van der Waals surface area contributed by atoms with Gasteiger partial charge in [0.1, 0.15) is 0 Å². The Labute approximate surface area is 85.4 Å². The van der Waals surface area contributed by atoms with Gasteiger partial charge in [0, 0.05) is 0 Å². The van der Waals surface area contributed by atoms with E-state index in [0.29, 0.717) is 0 Å². The van der Waals surface area contributed by atoms with Crippen molar-refractivity contribution in [3.05, 3.63) is 59.7 Å². The van der Waals surface area contributed by atoms with E-state index in [0.717, 1.165) is 5.56 Å². The molecular formula is C13H16O. The molecule has 0 aliphatic heterocycles. The molecule has 0 saturated heterocycles. The third-order valence-corrected chi connectivity index (χ3v) is 2.00. The SMILES string of the molecule is Cc1ccccccc(C(C)O)cc1. The minimum atomic E-state index is -0.424. The molecule has 1 heteroatoms. The van der Waals surface area contributed by atoms with Gasteiger partial charge in [-0.05, 0) is 19.4 Å². The molecule has 14 heavy (non-hydrogen) atoms. The second kappa shape index (κ2) is 5.40. The van der Waals surface area contributed by atoms with Crippen molar-refractivity contribution in [2.45, 2.75) is 20.0 Å². The number of aryl methyl sites for hydroxylation is 1. The first-order valence-electron chi connectivity index (χ1n) is 4.78. The van der Waals surface area contributed by atoms with Crippen LogP contribution in [0.15, 0.2) is 48.5 Å². The van der Waals surface area contributed by atoms with Gasteiger partial charge < -0.3 is 5.11 Å². The lowest BCUT2D eigenvalue weighted by Gasteiger charge is -2.00. The maximum absolute atomic E-state index is 9.45. The maximum atomic E-state index is 9.45. The number of aliphatic hydroxyl groups is 1. The summed E-state index contributed by atoms with van der Waals surface area (Å²) in [5.41, 5.74) is 2.09. The highest BCUT2D eigenvalue weighted by molar-refractivity contribution is 5.17. The number of rotatable bonds is 1. The maximum Gasteiger partial charge on any atom is 0.0761 e. The molecule has 0 radical (unpaired) electrons. The molecule has 1 rings (SSSR count). The van der Waals surface area contributed by atoms with Gasteiger partial charge in [0.05, 0.1) is 6.10 Å². The second-order valence-corrected chi connectivity index (χ2v) is 3.36. The van der Waals surface area contributed by atoms with Gasteiger partial charge in [0.25, 0.3) is 0 Å². The summed E-state index contributed by atoms with van der Waals surface area (Å²) in [7, 11) is 0. The summed E-state index contributed by atoms with van der Waals surface area (Å²) in [5, 5.41) is 9.45. The van der Waals surface area contributed by atoms with Crippen LogP contribution in [0, 0.1) is 6.92 Å². The quantitative estimate of drug-likeness (QED) is 0.717. The molecule has 74 valence electrons. The van der Waals surface area contributed by atoms with Crippen LogP contribution in [0.1, 0.15) is 24.2 Å². The lowest BCUT2D eigenvalue weighted by Crippen LogP contribution is -1.87. The summed E-state index contributed by atoms with van der Waals surface area (Å²) in [4.78, 5) is 0. The van der Waals surface area contributed by atoms with Crippen molar-refractivity contribution in [1.82, 2.24) is 0 Å². The van der Waals surface area contributed by atoms with Crippen LogP contribution in [0.3, 0.4) is 0 Å². The first kappa shape index (κ1) is 10.7. The zero-order valence-corrected chi connectivity index (χ0v) is 8.64. The zero-order chi connectivity index (χ0) is 10.4. The fourth-order valence-electron chi connectivity index (χ4n) is 1.12. The molecule has 1 unspecified atom stereocenters. The van der Waals surface area contributed by atoms with Gasteiger partial charge in [-0.2, -0.15) is 0 Å². The Hall–Kier alpha value is -1.34. The molecule has 0 aromatic heterocycles. The molecule has 0 heterocycles. The number of aliphatic hydroxyl groups excluding tert-OH is 1. The third-order valence-electron chi connectivity index (χ3n) is 2.00. The Kier molecular flexibility index (Phi) is 4.14. The summed E-state index contributed by atoms with van der Waals surface area (Å²) in [6.45, 7) is 3.80. The molecule has 0 bridgehead atoms. The van der Waals surface area contributed by atoms with Crippen LogP contribution >= 0.6 is 0 Å². The van der Waals surface area contributed by atoms with Gasteiger partial charge >= 0.3 is 0 Å². The zero-order valence-electron chi connectivity index (χ0n) is 8.64. The summed E-state index contributed by atoms with van der Waals surface area (Å²) < 4.78 is 0. The molecule has 0 aliphatic carbocycles. The molecule has 0 fully saturated rings. The predicted molar refractivity (Wildman–Crippen MR) is 59.4 cm³/mol. The highest BCUT2D eigenvalue weighted by atomic mass is 16.3. The topological polar surface area (TPSA) is 20.2 Å². The van der Waals surface area contributed by atoms with Crippen LogP contribution in [0.25, 0.3) is 0 Å². The average molecular weight is 188 g/mol. The summed E-state index contributed by atoms with van der Waals surface area (Å²) in [6, 6.07) is 15.7. The van der Waals surface area contributed by atoms with Crippen LogP contribution < -0.4 is 0 Å². The fourth-order valence-corrected chi connectivity index (χ4v) is 1.12. The van der Waals surface area contributed by atoms with Crippen molar-refractivity contribution in [3.8, 4) is 0 Å². The van der Waals surface area contributed by atoms with Crippen molar-refractivity contribution >= 4 is 0 Å². The Morgan fingerprint density at radius 2 is 1.57 bits per heavy atom. The van der Waals surface area contributed by atoms with E-state index in [4.69, 9.17) is 0 Å². The molecule has 1 nitrogen and oxygen atoms in total. The largest absolute Gasteiger partial charge is 0.389 e. The van der Waals surface area contributed by atoms with E-state index < -0.39 is 6.10 Å². The van der Waals surface area contributed by atoms with Gasteiger partial charge in [0.15, 0.2) is 0 Å². The lowest BCUT2D eigenvalue weighted by molar-refractivity contribution is 0.199. The average Bonchev–Trinajstić information content (AvgIpc) is 2.15. The van der Waals surface area contributed by atoms with E-state index in [2.05, 4.69) is 0 Å². The van der Waals surface area contributed by atoms with E-state index >= 15 is 0 Å². The van der Waals surface area contributed by atoms with Gasteiger partial charge in [-0.1, -0.05) is 54.1 Å². The normalized spacial score (nSPS) is 11.6. The summed E-state index contributed by atoms with van der Waals surface area (Å²) >= 11 is 0. The molecule has 0 spiro atoms.